The van der Waals surface area contributed by atoms with E-state index in [1.807, 2.05) is 0 Å². The SMILES string of the molecule is CCCCCCC1(CCC2CCCCC23CCC(C#N)N3OC(C)c2ccc(C)cc2)OCCO1. The van der Waals surface area contributed by atoms with Crippen molar-refractivity contribution in [2.24, 2.45) is 5.92 Å². The molecule has 1 aromatic carbocycles. The van der Waals surface area contributed by atoms with E-state index in [9.17, 15) is 5.26 Å². The highest BCUT2D eigenvalue weighted by Crippen LogP contribution is 2.51. The fraction of sp³-hybridized carbons (Fsp3) is 0.767. The molecule has 1 saturated carbocycles. The molecule has 0 N–H and O–H groups in total. The van der Waals surface area contributed by atoms with Crippen molar-refractivity contribution in [3.63, 3.8) is 0 Å². The summed E-state index contributed by atoms with van der Waals surface area (Å²) < 4.78 is 12.5. The van der Waals surface area contributed by atoms with Crippen molar-refractivity contribution in [3.8, 4) is 6.07 Å². The number of aryl methyl sites for hydroxylation is 1. The molecule has 5 heteroatoms. The topological polar surface area (TPSA) is 54.7 Å². The Bertz CT molecular complexity index is 829. The van der Waals surface area contributed by atoms with Crippen molar-refractivity contribution < 1.29 is 14.3 Å². The van der Waals surface area contributed by atoms with Crippen LogP contribution < -0.4 is 0 Å². The lowest BCUT2D eigenvalue weighted by molar-refractivity contribution is -0.266. The zero-order chi connectivity index (χ0) is 24.7. The summed E-state index contributed by atoms with van der Waals surface area (Å²) in [7, 11) is 0. The molecule has 4 atom stereocenters. The highest BCUT2D eigenvalue weighted by atomic mass is 16.7. The predicted molar refractivity (Wildman–Crippen MR) is 138 cm³/mol. The maximum atomic E-state index is 10.0. The number of unbranched alkanes of at least 4 members (excludes halogenated alkanes) is 3. The minimum absolute atomic E-state index is 0.0559. The fourth-order valence-corrected chi connectivity index (χ4v) is 6.74. The Balaban J connectivity index is 1.48. The van der Waals surface area contributed by atoms with E-state index in [0.717, 1.165) is 38.5 Å². The van der Waals surface area contributed by atoms with Gasteiger partial charge in [-0.25, -0.2) is 0 Å². The third-order valence-corrected chi connectivity index (χ3v) is 8.81. The molecule has 1 spiro atoms. The van der Waals surface area contributed by atoms with Crippen LogP contribution in [0.3, 0.4) is 0 Å². The Morgan fingerprint density at radius 2 is 1.83 bits per heavy atom. The van der Waals surface area contributed by atoms with Crippen LogP contribution >= 0.6 is 0 Å². The van der Waals surface area contributed by atoms with Crippen LogP contribution in [0.1, 0.15) is 115 Å². The molecule has 2 saturated heterocycles. The minimum atomic E-state index is -0.402. The van der Waals surface area contributed by atoms with E-state index >= 15 is 0 Å². The lowest BCUT2D eigenvalue weighted by Crippen LogP contribution is -2.54. The van der Waals surface area contributed by atoms with Gasteiger partial charge in [0.15, 0.2) is 5.79 Å². The number of hydrogen-bond donors (Lipinski definition) is 0. The van der Waals surface area contributed by atoms with Gasteiger partial charge in [0.2, 0.25) is 0 Å². The van der Waals surface area contributed by atoms with Crippen molar-refractivity contribution in [1.82, 2.24) is 5.06 Å². The van der Waals surface area contributed by atoms with Gasteiger partial charge in [-0.05, 0) is 63.9 Å². The number of benzene rings is 1. The maximum absolute atomic E-state index is 10.0. The van der Waals surface area contributed by atoms with Crippen molar-refractivity contribution in [1.29, 1.82) is 5.26 Å². The smallest absolute Gasteiger partial charge is 0.168 e. The number of nitriles is 1. The first-order chi connectivity index (χ1) is 17.0. The highest BCUT2D eigenvalue weighted by molar-refractivity contribution is 5.23. The van der Waals surface area contributed by atoms with E-state index in [1.165, 1.54) is 56.1 Å². The summed E-state index contributed by atoms with van der Waals surface area (Å²) in [6.07, 6.45) is 14.6. The average Bonchev–Trinajstić information content (AvgIpc) is 3.48. The van der Waals surface area contributed by atoms with Gasteiger partial charge >= 0.3 is 0 Å². The van der Waals surface area contributed by atoms with Crippen LogP contribution in [0.5, 0.6) is 0 Å². The second-order valence-electron chi connectivity index (χ2n) is 11.2. The summed E-state index contributed by atoms with van der Waals surface area (Å²) in [6, 6.07) is 11.0. The van der Waals surface area contributed by atoms with E-state index < -0.39 is 5.79 Å². The fourth-order valence-electron chi connectivity index (χ4n) is 6.74. The monoisotopic (exact) mass is 482 g/mol. The van der Waals surface area contributed by atoms with Crippen LogP contribution in [0.2, 0.25) is 0 Å². The lowest BCUT2D eigenvalue weighted by atomic mass is 9.69. The van der Waals surface area contributed by atoms with E-state index in [2.05, 4.69) is 56.2 Å². The Labute approximate surface area is 213 Å². The third kappa shape index (κ3) is 6.10. The number of hydroxylamine groups is 2. The Kier molecular flexibility index (Phi) is 9.27. The zero-order valence-corrected chi connectivity index (χ0v) is 22.3. The highest BCUT2D eigenvalue weighted by Gasteiger charge is 2.54. The molecular weight excluding hydrogens is 436 g/mol. The zero-order valence-electron chi connectivity index (χ0n) is 22.3. The molecule has 5 nitrogen and oxygen atoms in total. The summed E-state index contributed by atoms with van der Waals surface area (Å²) in [4.78, 5) is 6.70. The van der Waals surface area contributed by atoms with Gasteiger partial charge in [0, 0.05) is 12.8 Å². The second kappa shape index (κ2) is 12.2. The summed E-state index contributed by atoms with van der Waals surface area (Å²) in [5.41, 5.74) is 2.36. The van der Waals surface area contributed by atoms with Crippen LogP contribution in [0, 0.1) is 24.2 Å². The molecule has 4 unspecified atom stereocenters. The summed E-state index contributed by atoms with van der Waals surface area (Å²) in [5, 5.41) is 12.2. The summed E-state index contributed by atoms with van der Waals surface area (Å²) >= 11 is 0. The van der Waals surface area contributed by atoms with E-state index in [4.69, 9.17) is 14.3 Å². The molecule has 2 heterocycles. The van der Waals surface area contributed by atoms with Crippen LogP contribution in [0.4, 0.5) is 0 Å². The molecule has 0 radical (unpaired) electrons. The quantitative estimate of drug-likeness (QED) is 0.308. The first-order valence-corrected chi connectivity index (χ1v) is 14.2. The van der Waals surface area contributed by atoms with Crippen LogP contribution in [0.25, 0.3) is 0 Å². The first kappa shape index (κ1) is 26.6. The molecule has 3 aliphatic rings. The molecular formula is C30H46N2O3. The number of nitrogens with zero attached hydrogens (tertiary/aromatic N) is 2. The molecule has 0 bridgehead atoms. The number of hydrogen-bond acceptors (Lipinski definition) is 5. The standard InChI is InChI=1S/C30H46N2O3/c1-4-5-6-8-18-30(33-21-22-34-30)20-15-27-10-7-9-17-29(27)19-16-28(23-31)32(29)35-25(3)26-13-11-24(2)12-14-26/h11-14,25,27-28H,4-10,15-22H2,1-3H3. The molecule has 3 fully saturated rings. The molecule has 0 aromatic heterocycles. The molecule has 2 aliphatic heterocycles. The van der Waals surface area contributed by atoms with Gasteiger partial charge in [-0.1, -0.05) is 68.9 Å². The van der Waals surface area contributed by atoms with E-state index in [-0.39, 0.29) is 17.7 Å². The van der Waals surface area contributed by atoms with Gasteiger partial charge in [-0.3, -0.25) is 4.84 Å². The molecule has 1 aliphatic carbocycles. The summed E-state index contributed by atoms with van der Waals surface area (Å²) in [6.45, 7) is 7.91. The van der Waals surface area contributed by atoms with E-state index in [1.54, 1.807) is 0 Å². The van der Waals surface area contributed by atoms with Crippen molar-refractivity contribution >= 4 is 0 Å². The Morgan fingerprint density at radius 1 is 1.06 bits per heavy atom. The predicted octanol–water partition coefficient (Wildman–Crippen LogP) is 7.40. The third-order valence-electron chi connectivity index (χ3n) is 8.81. The van der Waals surface area contributed by atoms with Crippen LogP contribution in [-0.2, 0) is 14.3 Å². The largest absolute Gasteiger partial charge is 0.348 e. The van der Waals surface area contributed by atoms with Gasteiger partial charge in [0.05, 0.1) is 24.8 Å². The first-order valence-electron chi connectivity index (χ1n) is 14.2. The van der Waals surface area contributed by atoms with E-state index in [0.29, 0.717) is 19.1 Å². The number of ether oxygens (including phenoxy) is 2. The normalized spacial score (nSPS) is 29.4. The van der Waals surface area contributed by atoms with Gasteiger partial charge in [0.25, 0.3) is 0 Å². The van der Waals surface area contributed by atoms with Crippen LogP contribution in [-0.4, -0.2) is 35.6 Å². The van der Waals surface area contributed by atoms with Crippen molar-refractivity contribution in [2.75, 3.05) is 13.2 Å². The van der Waals surface area contributed by atoms with Crippen molar-refractivity contribution in [2.45, 2.75) is 128 Å². The molecule has 1 aromatic rings. The van der Waals surface area contributed by atoms with Gasteiger partial charge < -0.3 is 9.47 Å². The van der Waals surface area contributed by atoms with Gasteiger partial charge in [0.1, 0.15) is 12.1 Å². The molecule has 0 amide bonds. The Hall–Kier alpha value is -1.45. The van der Waals surface area contributed by atoms with Gasteiger partial charge in [-0.15, -0.1) is 0 Å². The molecule has 4 rings (SSSR count). The number of rotatable bonds is 11. The lowest BCUT2D eigenvalue weighted by Gasteiger charge is -2.48. The maximum Gasteiger partial charge on any atom is 0.168 e. The Morgan fingerprint density at radius 3 is 2.54 bits per heavy atom. The minimum Gasteiger partial charge on any atom is -0.348 e. The summed E-state index contributed by atoms with van der Waals surface area (Å²) in [5.74, 6) is 0.0978. The molecule has 35 heavy (non-hydrogen) atoms. The van der Waals surface area contributed by atoms with Crippen LogP contribution in [0.15, 0.2) is 24.3 Å². The van der Waals surface area contributed by atoms with Crippen molar-refractivity contribution in [3.05, 3.63) is 35.4 Å². The van der Waals surface area contributed by atoms with Gasteiger partial charge in [-0.2, -0.15) is 10.3 Å². The second-order valence-corrected chi connectivity index (χ2v) is 11.2. The molecule has 194 valence electrons. The average molecular weight is 483 g/mol.